The van der Waals surface area contributed by atoms with Gasteiger partial charge in [0, 0.05) is 6.42 Å². The average molecular weight is 490 g/mol. The molecule has 0 saturated heterocycles. The Morgan fingerprint density at radius 3 is 2.09 bits per heavy atom. The first-order chi connectivity index (χ1) is 15.7. The van der Waals surface area contributed by atoms with Crippen LogP contribution in [0, 0.1) is 0 Å². The normalized spacial score (nSPS) is 19.4. The van der Waals surface area contributed by atoms with Crippen LogP contribution in [0.4, 0.5) is 0 Å². The number of carbonyl (C=O) groups excluding carboxylic acids is 1. The van der Waals surface area contributed by atoms with E-state index in [9.17, 15) is 23.4 Å². The quantitative estimate of drug-likeness (QED) is 0.0984. The molecule has 1 aliphatic heterocycles. The van der Waals surface area contributed by atoms with E-state index >= 15 is 0 Å². The Morgan fingerprint density at radius 2 is 1.58 bits per heavy atom. The zero-order valence-corrected chi connectivity index (χ0v) is 21.0. The van der Waals surface area contributed by atoms with Crippen LogP contribution in [-0.4, -0.2) is 83.9 Å². The average Bonchev–Trinajstić information content (AvgIpc) is 3.13. The summed E-state index contributed by atoms with van der Waals surface area (Å²) in [7, 11) is -4.33. The third-order valence-electron chi connectivity index (χ3n) is 6.29. The maximum absolute atomic E-state index is 12.8. The number of quaternary nitrogens is 1. The first kappa shape index (κ1) is 29.9. The highest BCUT2D eigenvalue weighted by Crippen LogP contribution is 2.20. The molecule has 33 heavy (non-hydrogen) atoms. The lowest BCUT2D eigenvalue weighted by Gasteiger charge is -2.34. The first-order valence-corrected chi connectivity index (χ1v) is 14.1. The summed E-state index contributed by atoms with van der Waals surface area (Å²) in [4.78, 5) is 17.2. The molecule has 0 aliphatic carbocycles. The maximum atomic E-state index is 12.8. The van der Waals surface area contributed by atoms with Crippen LogP contribution < -0.4 is 0 Å². The molecule has 0 aromatic rings. The number of unbranched alkanes of at least 4 members (excludes halogenated alkanes) is 11. The minimum Gasteiger partial charge on any atom is -0.390 e. The number of carbonyl (C=O) groups is 1. The molecule has 1 rings (SSSR count). The van der Waals surface area contributed by atoms with Gasteiger partial charge in [0.2, 0.25) is 5.78 Å². The van der Waals surface area contributed by atoms with Crippen LogP contribution in [0.1, 0.15) is 83.5 Å². The summed E-state index contributed by atoms with van der Waals surface area (Å²) in [6.07, 6.45) is 15.1. The maximum Gasteiger partial charge on any atom is 0.267 e. The van der Waals surface area contributed by atoms with Crippen molar-refractivity contribution in [1.29, 1.82) is 0 Å². The van der Waals surface area contributed by atoms with E-state index in [1.807, 2.05) is 6.08 Å². The SMILES string of the molecule is C=CCCCCCCCCCCCCCC(=O)C1=NCC[N+]1(CCO)CC(O)CS(=O)(=O)O. The van der Waals surface area contributed by atoms with Crippen molar-refractivity contribution in [1.82, 2.24) is 0 Å². The number of Topliss-reactive ketones (excluding diaryl/α,β-unsaturated/α-hetero) is 1. The van der Waals surface area contributed by atoms with Gasteiger partial charge in [0.25, 0.3) is 16.0 Å². The lowest BCUT2D eigenvalue weighted by atomic mass is 10.0. The number of hydrogen-bond acceptors (Lipinski definition) is 6. The summed E-state index contributed by atoms with van der Waals surface area (Å²) in [5, 5.41) is 19.6. The second-order valence-electron chi connectivity index (χ2n) is 9.25. The molecule has 1 heterocycles. The van der Waals surface area contributed by atoms with Crippen molar-refractivity contribution in [2.45, 2.75) is 89.6 Å². The van der Waals surface area contributed by atoms with Gasteiger partial charge in [0.15, 0.2) is 0 Å². The fourth-order valence-electron chi connectivity index (χ4n) is 4.61. The molecule has 2 unspecified atom stereocenters. The van der Waals surface area contributed by atoms with Gasteiger partial charge in [-0.1, -0.05) is 63.9 Å². The summed E-state index contributed by atoms with van der Waals surface area (Å²) in [6.45, 7) is 4.47. The van der Waals surface area contributed by atoms with Crippen LogP contribution in [-0.2, 0) is 14.9 Å². The van der Waals surface area contributed by atoms with E-state index in [0.717, 1.165) is 25.7 Å². The van der Waals surface area contributed by atoms with Crippen LogP contribution in [0.25, 0.3) is 0 Å². The van der Waals surface area contributed by atoms with Crippen molar-refractivity contribution in [2.75, 3.05) is 38.5 Å². The van der Waals surface area contributed by atoms with E-state index < -0.39 is 22.0 Å². The number of rotatable bonds is 21. The van der Waals surface area contributed by atoms with Crippen molar-refractivity contribution in [2.24, 2.45) is 4.99 Å². The molecule has 192 valence electrons. The third kappa shape index (κ3) is 12.8. The van der Waals surface area contributed by atoms with Gasteiger partial charge in [0.1, 0.15) is 31.5 Å². The van der Waals surface area contributed by atoms with Crippen LogP contribution in [0.5, 0.6) is 0 Å². The summed E-state index contributed by atoms with van der Waals surface area (Å²) < 4.78 is 31.1. The molecule has 0 spiro atoms. The molecule has 0 bridgehead atoms. The van der Waals surface area contributed by atoms with E-state index in [-0.39, 0.29) is 30.0 Å². The predicted octanol–water partition coefficient (Wildman–Crippen LogP) is 3.28. The molecule has 1 aliphatic rings. The van der Waals surface area contributed by atoms with Crippen molar-refractivity contribution < 1.29 is 32.5 Å². The largest absolute Gasteiger partial charge is 0.390 e. The van der Waals surface area contributed by atoms with Gasteiger partial charge in [-0.3, -0.25) is 13.8 Å². The van der Waals surface area contributed by atoms with Crippen molar-refractivity contribution in [3.63, 3.8) is 0 Å². The lowest BCUT2D eigenvalue weighted by molar-refractivity contribution is -0.837. The zero-order chi connectivity index (χ0) is 24.6. The highest BCUT2D eigenvalue weighted by Gasteiger charge is 2.43. The monoisotopic (exact) mass is 489 g/mol. The van der Waals surface area contributed by atoms with Gasteiger partial charge in [-0.25, -0.2) is 4.99 Å². The fraction of sp³-hybridized carbons (Fsp3) is 0.833. The predicted molar refractivity (Wildman–Crippen MR) is 132 cm³/mol. The van der Waals surface area contributed by atoms with E-state index in [4.69, 9.17) is 4.55 Å². The Balaban J connectivity index is 2.29. The molecule has 0 amide bonds. The number of amidine groups is 1. The Morgan fingerprint density at radius 1 is 1.03 bits per heavy atom. The van der Waals surface area contributed by atoms with E-state index in [2.05, 4.69) is 11.6 Å². The molecule has 0 aromatic heterocycles. The molecule has 9 heteroatoms. The molecule has 2 atom stereocenters. The van der Waals surface area contributed by atoms with Gasteiger partial charge >= 0.3 is 0 Å². The van der Waals surface area contributed by atoms with Gasteiger partial charge in [-0.2, -0.15) is 8.42 Å². The van der Waals surface area contributed by atoms with Crippen LogP contribution in [0.15, 0.2) is 17.6 Å². The number of aliphatic hydroxyl groups is 2. The Hall–Kier alpha value is -1.13. The lowest BCUT2D eigenvalue weighted by Crippen LogP contribution is -2.59. The van der Waals surface area contributed by atoms with Gasteiger partial charge in [-0.15, -0.1) is 6.58 Å². The Bertz CT molecular complexity index is 710. The fourth-order valence-corrected chi connectivity index (χ4v) is 5.20. The minimum absolute atomic E-state index is 0.0282. The van der Waals surface area contributed by atoms with Crippen molar-refractivity contribution in [3.8, 4) is 0 Å². The molecule has 0 fully saturated rings. The summed E-state index contributed by atoms with van der Waals surface area (Å²) >= 11 is 0. The standard InChI is InChI=1S/C24H44N2O6S/c1-2-3-4-5-6-7-8-9-10-11-12-13-14-15-23(29)24-25-16-17-26(24,18-19-27)20-22(28)21-33(30,31)32/h2,22,27-28H,1,3-21H2/p+1. The molecular formula is C24H45N2O6S+. The number of hydrogen-bond donors (Lipinski definition) is 3. The summed E-state index contributed by atoms with van der Waals surface area (Å²) in [5.41, 5.74) is 0. The van der Waals surface area contributed by atoms with Gasteiger partial charge in [0.05, 0.1) is 13.2 Å². The van der Waals surface area contributed by atoms with E-state index in [1.54, 1.807) is 0 Å². The summed E-state index contributed by atoms with van der Waals surface area (Å²) in [6, 6.07) is 0. The molecule has 3 N–H and O–H groups in total. The highest BCUT2D eigenvalue weighted by molar-refractivity contribution is 7.85. The molecule has 8 nitrogen and oxygen atoms in total. The Kier molecular flexibility index (Phi) is 14.9. The topological polar surface area (TPSA) is 124 Å². The van der Waals surface area contributed by atoms with E-state index in [1.165, 1.54) is 51.4 Å². The van der Waals surface area contributed by atoms with Crippen molar-refractivity contribution in [3.05, 3.63) is 12.7 Å². The summed E-state index contributed by atoms with van der Waals surface area (Å²) in [5.74, 6) is -0.585. The number of nitrogens with zero attached hydrogens (tertiary/aromatic N) is 2. The van der Waals surface area contributed by atoms with Crippen LogP contribution >= 0.6 is 0 Å². The second-order valence-corrected chi connectivity index (χ2v) is 10.7. The molecule has 0 aromatic carbocycles. The highest BCUT2D eigenvalue weighted by atomic mass is 32.2. The first-order valence-electron chi connectivity index (χ1n) is 12.5. The number of ketones is 1. The molecule has 0 saturated carbocycles. The molecule has 0 radical (unpaired) electrons. The van der Waals surface area contributed by atoms with Crippen molar-refractivity contribution >= 4 is 21.7 Å². The third-order valence-corrected chi connectivity index (χ3v) is 7.10. The zero-order valence-electron chi connectivity index (χ0n) is 20.2. The van der Waals surface area contributed by atoms with E-state index in [0.29, 0.717) is 25.3 Å². The Labute approximate surface area is 200 Å². The van der Waals surface area contributed by atoms with Crippen LogP contribution in [0.3, 0.4) is 0 Å². The minimum atomic E-state index is -4.33. The number of aliphatic imine (C=N–C) groups is 1. The van der Waals surface area contributed by atoms with Gasteiger partial charge < -0.3 is 10.2 Å². The molecular weight excluding hydrogens is 444 g/mol. The van der Waals surface area contributed by atoms with Gasteiger partial charge in [-0.05, 0) is 19.3 Å². The second kappa shape index (κ2) is 16.5. The number of aliphatic hydroxyl groups excluding tert-OH is 2. The number of allylic oxidation sites excluding steroid dienone is 1. The smallest absolute Gasteiger partial charge is 0.267 e. The van der Waals surface area contributed by atoms with Crippen LogP contribution in [0.2, 0.25) is 0 Å².